The van der Waals surface area contributed by atoms with Crippen LogP contribution in [0.5, 0.6) is 0 Å². The Bertz CT molecular complexity index is 1560. The number of Topliss-reactive ketones (excluding diaryl/α,β-unsaturated/α-hetero) is 1. The molecule has 1 aliphatic carbocycles. The first-order chi connectivity index (χ1) is 15.1. The minimum absolute atomic E-state index is 0.0713. The van der Waals surface area contributed by atoms with Gasteiger partial charge in [-0.2, -0.15) is 4.98 Å². The van der Waals surface area contributed by atoms with Gasteiger partial charge < -0.3 is 4.98 Å². The highest BCUT2D eigenvalue weighted by atomic mass is 19.1. The lowest BCUT2D eigenvalue weighted by molar-refractivity contribution is 0.0964. The van der Waals surface area contributed by atoms with Gasteiger partial charge in [0.25, 0.3) is 0 Å². The van der Waals surface area contributed by atoms with Gasteiger partial charge in [0.15, 0.2) is 11.4 Å². The van der Waals surface area contributed by atoms with E-state index >= 15 is 0 Å². The van der Waals surface area contributed by atoms with Crippen molar-refractivity contribution in [1.29, 1.82) is 0 Å². The fraction of sp³-hybridized carbons (Fsp3) is 0.136. The Morgan fingerprint density at radius 2 is 1.97 bits per heavy atom. The molecule has 0 radical (unpaired) electrons. The molecule has 0 bridgehead atoms. The van der Waals surface area contributed by atoms with Crippen LogP contribution in [0.4, 0.5) is 4.39 Å². The van der Waals surface area contributed by atoms with E-state index in [1.807, 2.05) is 18.2 Å². The molecular weight excluding hydrogens is 399 g/mol. The third-order valence-corrected chi connectivity index (χ3v) is 5.75. The van der Waals surface area contributed by atoms with Crippen molar-refractivity contribution in [3.8, 4) is 5.95 Å². The topological polar surface area (TPSA) is 98.5 Å². The fourth-order valence-electron chi connectivity index (χ4n) is 4.32. The zero-order chi connectivity index (χ0) is 21.1. The first-order valence-corrected chi connectivity index (χ1v) is 9.82. The van der Waals surface area contributed by atoms with Crippen LogP contribution >= 0.6 is 0 Å². The molecule has 0 unspecified atom stereocenters. The van der Waals surface area contributed by atoms with Gasteiger partial charge in [0, 0.05) is 18.1 Å². The molecule has 1 aliphatic rings. The Labute approximate surface area is 174 Å². The number of H-pyrrole nitrogens is 1. The molecule has 5 aromatic rings. The summed E-state index contributed by atoms with van der Waals surface area (Å²) >= 11 is 0. The largest absolute Gasteiger partial charge is 0.328 e. The lowest BCUT2D eigenvalue weighted by Crippen LogP contribution is -2.28. The zero-order valence-electron chi connectivity index (χ0n) is 16.1. The molecule has 3 heterocycles. The molecule has 1 N–H and O–H groups in total. The van der Waals surface area contributed by atoms with Crippen molar-refractivity contribution in [2.75, 3.05) is 0 Å². The lowest BCUT2D eigenvalue weighted by atomic mass is 9.86. The molecule has 0 spiro atoms. The van der Waals surface area contributed by atoms with Crippen molar-refractivity contribution in [1.82, 2.24) is 29.1 Å². The van der Waals surface area contributed by atoms with Gasteiger partial charge in [-0.15, -0.1) is 0 Å². The summed E-state index contributed by atoms with van der Waals surface area (Å²) in [5, 5.41) is 0. The Hall–Kier alpha value is -4.14. The smallest absolute Gasteiger partial charge is 0.303 e. The average Bonchev–Trinajstić information content (AvgIpc) is 3.34. The van der Waals surface area contributed by atoms with Gasteiger partial charge in [0.2, 0.25) is 5.95 Å². The van der Waals surface area contributed by atoms with Gasteiger partial charge in [-0.05, 0) is 24.1 Å². The Kier molecular flexibility index (Phi) is 3.67. The molecule has 0 aliphatic heterocycles. The van der Waals surface area contributed by atoms with Crippen LogP contribution < -0.4 is 5.69 Å². The quantitative estimate of drug-likeness (QED) is 0.478. The van der Waals surface area contributed by atoms with E-state index in [0.717, 1.165) is 5.56 Å². The standard InChI is InChI=1S/C22H15FN6O2/c23-12-5-6-15-18(9-12)28(11-25-15)21-24-10-16-20(27-21)29(22(31)26-16)17-7-8-19(30)14-4-2-1-3-13(14)17/h1-6,9-11,17H,7-8H2,(H,26,31)/t17-/m1/s1. The SMILES string of the molecule is O=C1CC[C@@H](n2c(=O)[nH]c3cnc(-n4cnc5ccc(F)cc54)nc32)c2ccccc21. The van der Waals surface area contributed by atoms with E-state index in [1.165, 1.54) is 24.7 Å². The minimum Gasteiger partial charge on any atom is -0.303 e. The maximum atomic E-state index is 13.8. The number of fused-ring (bicyclic) bond motifs is 3. The number of carbonyl (C=O) groups excluding carboxylic acids is 1. The van der Waals surface area contributed by atoms with Crippen molar-refractivity contribution in [3.05, 3.63) is 82.4 Å². The van der Waals surface area contributed by atoms with E-state index < -0.39 is 5.82 Å². The summed E-state index contributed by atoms with van der Waals surface area (Å²) in [5.41, 5.74) is 3.15. The first kappa shape index (κ1) is 17.7. The van der Waals surface area contributed by atoms with E-state index in [1.54, 1.807) is 21.3 Å². The molecule has 8 nitrogen and oxygen atoms in total. The number of nitrogens with zero attached hydrogens (tertiary/aromatic N) is 5. The number of hydrogen-bond acceptors (Lipinski definition) is 5. The van der Waals surface area contributed by atoms with Gasteiger partial charge in [-0.1, -0.05) is 24.3 Å². The molecule has 0 saturated heterocycles. The molecule has 2 aromatic carbocycles. The van der Waals surface area contributed by atoms with Crippen molar-refractivity contribution >= 4 is 28.0 Å². The molecule has 3 aromatic heterocycles. The van der Waals surface area contributed by atoms with Gasteiger partial charge >= 0.3 is 5.69 Å². The van der Waals surface area contributed by atoms with Gasteiger partial charge in [-0.3, -0.25) is 13.9 Å². The second-order valence-electron chi connectivity index (χ2n) is 7.52. The van der Waals surface area contributed by atoms with Crippen LogP contribution in [0, 0.1) is 5.82 Å². The molecule has 6 rings (SSSR count). The van der Waals surface area contributed by atoms with E-state index in [9.17, 15) is 14.0 Å². The molecule has 9 heteroatoms. The number of halogens is 1. The summed E-state index contributed by atoms with van der Waals surface area (Å²) in [6.07, 6.45) is 3.90. The van der Waals surface area contributed by atoms with Crippen molar-refractivity contribution in [3.63, 3.8) is 0 Å². The third-order valence-electron chi connectivity index (χ3n) is 5.75. The van der Waals surface area contributed by atoms with Gasteiger partial charge in [0.05, 0.1) is 23.3 Å². The summed E-state index contributed by atoms with van der Waals surface area (Å²) < 4.78 is 16.9. The number of nitrogens with one attached hydrogen (secondary N) is 1. The first-order valence-electron chi connectivity index (χ1n) is 9.82. The molecule has 1 atom stereocenters. The van der Waals surface area contributed by atoms with E-state index in [2.05, 4.69) is 19.9 Å². The minimum atomic E-state index is -0.391. The maximum Gasteiger partial charge on any atom is 0.328 e. The highest BCUT2D eigenvalue weighted by Crippen LogP contribution is 2.33. The number of rotatable bonds is 2. The predicted molar refractivity (Wildman–Crippen MR) is 111 cm³/mol. The second kappa shape index (κ2) is 6.43. The van der Waals surface area contributed by atoms with Gasteiger partial charge in [-0.25, -0.2) is 19.2 Å². The van der Waals surface area contributed by atoms with E-state index in [4.69, 9.17) is 0 Å². The second-order valence-corrected chi connectivity index (χ2v) is 7.52. The van der Waals surface area contributed by atoms with Crippen molar-refractivity contribution in [2.24, 2.45) is 0 Å². The fourth-order valence-corrected chi connectivity index (χ4v) is 4.32. The number of imidazole rings is 2. The summed E-state index contributed by atoms with van der Waals surface area (Å²) in [6, 6.07) is 11.3. The Morgan fingerprint density at radius 3 is 2.87 bits per heavy atom. The number of hydrogen-bond donors (Lipinski definition) is 1. The lowest BCUT2D eigenvalue weighted by Gasteiger charge is -2.25. The van der Waals surface area contributed by atoms with Crippen LogP contribution in [-0.2, 0) is 0 Å². The van der Waals surface area contributed by atoms with Crippen LogP contribution in [0.3, 0.4) is 0 Å². The number of carbonyl (C=O) groups is 1. The summed E-state index contributed by atoms with van der Waals surface area (Å²) in [6.45, 7) is 0. The number of ketones is 1. The van der Waals surface area contributed by atoms with Crippen molar-refractivity contribution in [2.45, 2.75) is 18.9 Å². The molecule has 31 heavy (non-hydrogen) atoms. The monoisotopic (exact) mass is 414 g/mol. The van der Waals surface area contributed by atoms with Crippen LogP contribution in [0.2, 0.25) is 0 Å². The number of aromatic amines is 1. The summed E-state index contributed by atoms with van der Waals surface area (Å²) in [5.74, 6) is -0.0483. The Morgan fingerprint density at radius 1 is 1.10 bits per heavy atom. The number of benzene rings is 2. The molecular formula is C22H15FN6O2. The maximum absolute atomic E-state index is 13.8. The predicted octanol–water partition coefficient (Wildman–Crippen LogP) is 3.16. The average molecular weight is 414 g/mol. The molecule has 0 saturated carbocycles. The summed E-state index contributed by atoms with van der Waals surface area (Å²) in [7, 11) is 0. The highest BCUT2D eigenvalue weighted by molar-refractivity contribution is 5.98. The van der Waals surface area contributed by atoms with Crippen molar-refractivity contribution < 1.29 is 9.18 Å². The molecule has 0 fully saturated rings. The van der Waals surface area contributed by atoms with Crippen LogP contribution in [0.25, 0.3) is 28.1 Å². The van der Waals surface area contributed by atoms with E-state index in [-0.39, 0.29) is 23.5 Å². The van der Waals surface area contributed by atoms with E-state index in [0.29, 0.717) is 40.6 Å². The van der Waals surface area contributed by atoms with Crippen LogP contribution in [0.1, 0.15) is 34.8 Å². The summed E-state index contributed by atoms with van der Waals surface area (Å²) in [4.78, 5) is 41.2. The van der Waals surface area contributed by atoms with Crippen LogP contribution in [-0.4, -0.2) is 34.9 Å². The normalized spacial score (nSPS) is 16.2. The van der Waals surface area contributed by atoms with Gasteiger partial charge in [0.1, 0.15) is 17.7 Å². The van der Waals surface area contributed by atoms with Crippen LogP contribution in [0.15, 0.2) is 59.8 Å². The Balaban J connectivity index is 1.56. The zero-order valence-corrected chi connectivity index (χ0v) is 16.1. The number of aromatic nitrogens is 6. The molecule has 152 valence electrons. The third kappa shape index (κ3) is 2.63. The molecule has 0 amide bonds. The highest BCUT2D eigenvalue weighted by Gasteiger charge is 2.29.